The maximum atomic E-state index is 12.8. The van der Waals surface area contributed by atoms with Crippen LogP contribution in [-0.4, -0.2) is 30.7 Å². The number of anilines is 1. The van der Waals surface area contributed by atoms with Crippen LogP contribution in [0.3, 0.4) is 0 Å². The van der Waals surface area contributed by atoms with Gasteiger partial charge in [-0.05, 0) is 42.5 Å². The van der Waals surface area contributed by atoms with Crippen LogP contribution in [0.4, 0.5) is 5.69 Å². The van der Waals surface area contributed by atoms with Gasteiger partial charge in [-0.15, -0.1) is 0 Å². The van der Waals surface area contributed by atoms with Crippen LogP contribution in [0.5, 0.6) is 0 Å². The Labute approximate surface area is 154 Å². The standard InChI is InChI=1S/C18H15N3O5S/c22-17(19-8-7-13-3-2-10-26-13)12-5-6-16-14(11-12)20-18(23)15-4-1-9-21(15)27(16,24)25/h1-6,9-11H,7-8H2,(H,19,22)(H,20,23). The minimum atomic E-state index is -3.93. The van der Waals surface area contributed by atoms with Crippen molar-refractivity contribution in [2.75, 3.05) is 11.9 Å². The van der Waals surface area contributed by atoms with Crippen LogP contribution in [0.15, 0.2) is 64.2 Å². The first-order chi connectivity index (χ1) is 13.0. The summed E-state index contributed by atoms with van der Waals surface area (Å²) in [5, 5.41) is 5.30. The fourth-order valence-electron chi connectivity index (χ4n) is 2.89. The van der Waals surface area contributed by atoms with Crippen molar-refractivity contribution < 1.29 is 22.4 Å². The molecule has 2 N–H and O–H groups in total. The van der Waals surface area contributed by atoms with Gasteiger partial charge in [-0.1, -0.05) is 0 Å². The van der Waals surface area contributed by atoms with E-state index in [0.717, 1.165) is 9.73 Å². The lowest BCUT2D eigenvalue weighted by Crippen LogP contribution is -2.25. The topological polar surface area (TPSA) is 110 Å². The Morgan fingerprint density at radius 1 is 1.19 bits per heavy atom. The van der Waals surface area contributed by atoms with Gasteiger partial charge in [0, 0.05) is 24.7 Å². The average Bonchev–Trinajstić information content (AvgIpc) is 3.32. The molecule has 0 radical (unpaired) electrons. The summed E-state index contributed by atoms with van der Waals surface area (Å²) < 4.78 is 31.7. The number of rotatable bonds is 4. The van der Waals surface area contributed by atoms with E-state index in [-0.39, 0.29) is 27.7 Å². The number of nitrogens with zero attached hydrogens (tertiary/aromatic N) is 1. The molecule has 3 heterocycles. The van der Waals surface area contributed by atoms with Crippen molar-refractivity contribution >= 4 is 27.5 Å². The first-order valence-electron chi connectivity index (χ1n) is 8.16. The molecule has 8 nitrogen and oxygen atoms in total. The number of amides is 2. The predicted molar refractivity (Wildman–Crippen MR) is 96.2 cm³/mol. The van der Waals surface area contributed by atoms with Gasteiger partial charge < -0.3 is 15.1 Å². The molecule has 0 unspecified atom stereocenters. The third kappa shape index (κ3) is 3.02. The molecule has 1 aromatic carbocycles. The molecule has 1 aliphatic rings. The Balaban J connectivity index is 1.59. The van der Waals surface area contributed by atoms with E-state index in [4.69, 9.17) is 4.42 Å². The third-order valence-electron chi connectivity index (χ3n) is 4.21. The average molecular weight is 385 g/mol. The Hall–Kier alpha value is -3.33. The molecule has 0 aliphatic carbocycles. The second-order valence-electron chi connectivity index (χ2n) is 5.94. The first-order valence-corrected chi connectivity index (χ1v) is 9.60. The maximum Gasteiger partial charge on any atom is 0.273 e. The van der Waals surface area contributed by atoms with Crippen LogP contribution in [0, 0.1) is 0 Å². The van der Waals surface area contributed by atoms with Gasteiger partial charge >= 0.3 is 0 Å². The van der Waals surface area contributed by atoms with Crippen molar-refractivity contribution in [2.24, 2.45) is 0 Å². The largest absolute Gasteiger partial charge is 0.469 e. The molecule has 9 heteroatoms. The summed E-state index contributed by atoms with van der Waals surface area (Å²) >= 11 is 0. The molecule has 0 fully saturated rings. The lowest BCUT2D eigenvalue weighted by molar-refractivity contribution is 0.0952. The number of hydrogen-bond acceptors (Lipinski definition) is 5. The Bertz CT molecular complexity index is 1130. The molecule has 2 aromatic heterocycles. The van der Waals surface area contributed by atoms with Crippen molar-refractivity contribution in [3.63, 3.8) is 0 Å². The van der Waals surface area contributed by atoms with E-state index in [1.807, 2.05) is 6.07 Å². The molecule has 0 saturated carbocycles. The molecule has 27 heavy (non-hydrogen) atoms. The highest BCUT2D eigenvalue weighted by molar-refractivity contribution is 7.90. The normalized spacial score (nSPS) is 14.6. The van der Waals surface area contributed by atoms with E-state index >= 15 is 0 Å². The van der Waals surface area contributed by atoms with Crippen molar-refractivity contribution in [1.82, 2.24) is 9.29 Å². The maximum absolute atomic E-state index is 12.8. The molecule has 2 amide bonds. The lowest BCUT2D eigenvalue weighted by Gasteiger charge is -2.10. The van der Waals surface area contributed by atoms with Gasteiger partial charge in [0.25, 0.3) is 21.8 Å². The quantitative estimate of drug-likeness (QED) is 0.712. The van der Waals surface area contributed by atoms with Gasteiger partial charge in [-0.3, -0.25) is 9.59 Å². The van der Waals surface area contributed by atoms with Gasteiger partial charge in [-0.2, -0.15) is 0 Å². The summed E-state index contributed by atoms with van der Waals surface area (Å²) in [4.78, 5) is 24.6. The van der Waals surface area contributed by atoms with Crippen LogP contribution >= 0.6 is 0 Å². The van der Waals surface area contributed by atoms with E-state index in [2.05, 4.69) is 10.6 Å². The monoisotopic (exact) mass is 385 g/mol. The zero-order valence-corrected chi connectivity index (χ0v) is 14.8. The fraction of sp³-hybridized carbons (Fsp3) is 0.111. The highest BCUT2D eigenvalue weighted by atomic mass is 32.2. The summed E-state index contributed by atoms with van der Waals surface area (Å²) in [6.07, 6.45) is 3.40. The van der Waals surface area contributed by atoms with Crippen LogP contribution in [0.25, 0.3) is 0 Å². The molecular formula is C18H15N3O5S. The third-order valence-corrected chi connectivity index (χ3v) is 5.96. The molecule has 4 rings (SSSR count). The minimum Gasteiger partial charge on any atom is -0.469 e. The van der Waals surface area contributed by atoms with Gasteiger partial charge in [0.05, 0.1) is 12.0 Å². The molecule has 0 saturated heterocycles. The van der Waals surface area contributed by atoms with Crippen molar-refractivity contribution in [1.29, 1.82) is 0 Å². The summed E-state index contributed by atoms with van der Waals surface area (Å²) in [7, 11) is -3.93. The number of benzene rings is 1. The van der Waals surface area contributed by atoms with Crippen LogP contribution in [0.1, 0.15) is 26.6 Å². The number of fused-ring (bicyclic) bond motifs is 2. The Morgan fingerprint density at radius 2 is 2.04 bits per heavy atom. The van der Waals surface area contributed by atoms with Gasteiger partial charge in [-0.25, -0.2) is 12.4 Å². The zero-order chi connectivity index (χ0) is 19.0. The molecule has 3 aromatic rings. The van der Waals surface area contributed by atoms with Crippen molar-refractivity contribution in [3.8, 4) is 0 Å². The second kappa shape index (κ2) is 6.44. The molecule has 138 valence electrons. The van der Waals surface area contributed by atoms with E-state index in [0.29, 0.717) is 13.0 Å². The zero-order valence-electron chi connectivity index (χ0n) is 14.0. The number of aromatic nitrogens is 1. The smallest absolute Gasteiger partial charge is 0.273 e. The van der Waals surface area contributed by atoms with Crippen LogP contribution in [-0.2, 0) is 16.4 Å². The lowest BCUT2D eigenvalue weighted by atomic mass is 10.1. The predicted octanol–water partition coefficient (Wildman–Crippen LogP) is 1.86. The van der Waals surface area contributed by atoms with Crippen LogP contribution in [0.2, 0.25) is 0 Å². The van der Waals surface area contributed by atoms with E-state index < -0.39 is 15.9 Å². The molecular weight excluding hydrogens is 370 g/mol. The van der Waals surface area contributed by atoms with E-state index in [1.54, 1.807) is 12.3 Å². The summed E-state index contributed by atoms with van der Waals surface area (Å²) in [5.41, 5.74) is 0.327. The minimum absolute atomic E-state index is 0.00986. The molecule has 0 spiro atoms. The highest BCUT2D eigenvalue weighted by Gasteiger charge is 2.30. The molecule has 0 bridgehead atoms. The number of carbonyl (C=O) groups is 2. The van der Waals surface area contributed by atoms with E-state index in [1.165, 1.54) is 36.5 Å². The summed E-state index contributed by atoms with van der Waals surface area (Å²) in [6.45, 7) is 0.361. The van der Waals surface area contributed by atoms with Gasteiger partial charge in [0.1, 0.15) is 16.3 Å². The Kier molecular flexibility index (Phi) is 4.08. The highest BCUT2D eigenvalue weighted by Crippen LogP contribution is 2.29. The Morgan fingerprint density at radius 3 is 2.81 bits per heavy atom. The number of carbonyl (C=O) groups excluding carboxylic acids is 2. The van der Waals surface area contributed by atoms with E-state index in [9.17, 15) is 18.0 Å². The van der Waals surface area contributed by atoms with Crippen LogP contribution < -0.4 is 10.6 Å². The SMILES string of the molecule is O=C(NCCc1ccco1)c1ccc2c(c1)NC(=O)c1cccn1S2(=O)=O. The number of hydrogen-bond donors (Lipinski definition) is 2. The first kappa shape index (κ1) is 17.1. The summed E-state index contributed by atoms with van der Waals surface area (Å²) in [6, 6.07) is 10.6. The summed E-state index contributed by atoms with van der Waals surface area (Å²) in [5.74, 6) is -0.185. The van der Waals surface area contributed by atoms with Crippen molar-refractivity contribution in [3.05, 3.63) is 71.9 Å². The fourth-order valence-corrected chi connectivity index (χ4v) is 4.37. The molecule has 1 aliphatic heterocycles. The number of nitrogens with one attached hydrogen (secondary N) is 2. The number of furan rings is 1. The molecule has 0 atom stereocenters. The van der Waals surface area contributed by atoms with Gasteiger partial charge in [0.15, 0.2) is 0 Å². The van der Waals surface area contributed by atoms with Gasteiger partial charge in [0.2, 0.25) is 0 Å². The van der Waals surface area contributed by atoms with Crippen molar-refractivity contribution in [2.45, 2.75) is 11.3 Å². The second-order valence-corrected chi connectivity index (χ2v) is 7.73.